The third-order valence-electron chi connectivity index (χ3n) is 3.92. The van der Waals surface area contributed by atoms with Crippen LogP contribution in [0.2, 0.25) is 0 Å². The molecule has 6 nitrogen and oxygen atoms in total. The van der Waals surface area contributed by atoms with Crippen LogP contribution in [0.1, 0.15) is 12.0 Å². The highest BCUT2D eigenvalue weighted by molar-refractivity contribution is 5.67. The Morgan fingerprint density at radius 1 is 1.23 bits per heavy atom. The average Bonchev–Trinajstić information content (AvgIpc) is 3.08. The monoisotopic (exact) mass is 361 g/mol. The van der Waals surface area contributed by atoms with Crippen molar-refractivity contribution in [2.24, 2.45) is 10.3 Å². The molecule has 1 aliphatic heterocycles. The minimum absolute atomic E-state index is 0.00417. The van der Waals surface area contributed by atoms with Crippen LogP contribution in [0.5, 0.6) is 5.75 Å². The Kier molecular flexibility index (Phi) is 5.40. The molecule has 0 aromatic heterocycles. The maximum Gasteiger partial charge on any atom is 0.303 e. The number of carboxylic acid groups (broad SMARTS) is 1. The van der Waals surface area contributed by atoms with Crippen molar-refractivity contribution in [1.82, 2.24) is 0 Å². The van der Waals surface area contributed by atoms with Crippen LogP contribution in [0.15, 0.2) is 52.8 Å². The molecule has 0 saturated carbocycles. The highest BCUT2D eigenvalue weighted by Crippen LogP contribution is 2.26. The van der Waals surface area contributed by atoms with Crippen LogP contribution in [0.25, 0.3) is 0 Å². The lowest BCUT2D eigenvalue weighted by molar-refractivity contribution is -0.136. The third-order valence-corrected chi connectivity index (χ3v) is 3.92. The highest BCUT2D eigenvalue weighted by Gasteiger charge is 2.25. The summed E-state index contributed by atoms with van der Waals surface area (Å²) in [6.45, 7) is 0.360. The molecule has 2 aromatic rings. The number of hydrogen-bond donors (Lipinski definition) is 1. The van der Waals surface area contributed by atoms with Crippen molar-refractivity contribution in [1.29, 1.82) is 0 Å². The molecule has 0 saturated heterocycles. The van der Waals surface area contributed by atoms with E-state index in [1.54, 1.807) is 5.01 Å². The Morgan fingerprint density at radius 3 is 2.58 bits per heavy atom. The van der Waals surface area contributed by atoms with Crippen molar-refractivity contribution in [3.63, 3.8) is 0 Å². The Morgan fingerprint density at radius 2 is 1.92 bits per heavy atom. The summed E-state index contributed by atoms with van der Waals surface area (Å²) in [6.07, 6.45) is -0.151. The fraction of sp³-hybridized carbons (Fsp3) is 0.278. The number of carboxylic acids is 1. The van der Waals surface area contributed by atoms with Crippen molar-refractivity contribution >= 4 is 11.7 Å². The molecule has 0 fully saturated rings. The standard InChI is InChI=1S/C18H17F2N3O3/c19-15-8-12(6-7-17(24)25)9-16(20)18(15)26-11-14-10-21-22-23(14)13-4-2-1-3-5-13/h1-5,8-9,14H,6-7,10-11H2,(H,24,25). The molecule has 1 aliphatic rings. The number of nitrogens with zero attached hydrogens (tertiary/aromatic N) is 3. The highest BCUT2D eigenvalue weighted by atomic mass is 19.1. The van der Waals surface area contributed by atoms with Crippen LogP contribution in [0, 0.1) is 11.6 Å². The van der Waals surface area contributed by atoms with E-state index in [9.17, 15) is 13.6 Å². The van der Waals surface area contributed by atoms with Gasteiger partial charge in [-0.15, -0.1) is 0 Å². The second kappa shape index (κ2) is 7.90. The number of halogens is 2. The van der Waals surface area contributed by atoms with Gasteiger partial charge in [-0.2, -0.15) is 5.11 Å². The zero-order valence-electron chi connectivity index (χ0n) is 13.8. The molecule has 0 spiro atoms. The van der Waals surface area contributed by atoms with Gasteiger partial charge in [-0.1, -0.05) is 23.4 Å². The predicted molar refractivity (Wildman–Crippen MR) is 90.2 cm³/mol. The molecule has 0 bridgehead atoms. The average molecular weight is 361 g/mol. The fourth-order valence-corrected chi connectivity index (χ4v) is 2.64. The van der Waals surface area contributed by atoms with E-state index in [-0.39, 0.29) is 31.1 Å². The lowest BCUT2D eigenvalue weighted by Crippen LogP contribution is -2.34. The molecule has 2 aromatic carbocycles. The molecule has 1 unspecified atom stereocenters. The van der Waals surface area contributed by atoms with Gasteiger partial charge in [0, 0.05) is 6.42 Å². The number of para-hydroxylation sites is 1. The quantitative estimate of drug-likeness (QED) is 0.817. The van der Waals surface area contributed by atoms with E-state index in [1.807, 2.05) is 30.3 Å². The van der Waals surface area contributed by atoms with Crippen LogP contribution < -0.4 is 9.75 Å². The van der Waals surface area contributed by atoms with Gasteiger partial charge in [-0.05, 0) is 36.2 Å². The van der Waals surface area contributed by atoms with Gasteiger partial charge in [0.25, 0.3) is 0 Å². The van der Waals surface area contributed by atoms with Gasteiger partial charge in [-0.25, -0.2) is 13.8 Å². The van der Waals surface area contributed by atoms with Crippen molar-refractivity contribution in [3.8, 4) is 5.75 Å². The largest absolute Gasteiger partial charge is 0.485 e. The predicted octanol–water partition coefficient (Wildman–Crippen LogP) is 3.62. The van der Waals surface area contributed by atoms with Crippen molar-refractivity contribution in [3.05, 3.63) is 59.7 Å². The second-order valence-corrected chi connectivity index (χ2v) is 5.84. The number of ether oxygens (including phenoxy) is 1. The Bertz CT molecular complexity index is 792. The molecule has 0 aliphatic carbocycles. The molecule has 1 atom stereocenters. The van der Waals surface area contributed by atoms with E-state index in [2.05, 4.69) is 10.3 Å². The molecular formula is C18H17F2N3O3. The lowest BCUT2D eigenvalue weighted by atomic mass is 10.1. The molecule has 26 heavy (non-hydrogen) atoms. The van der Waals surface area contributed by atoms with E-state index in [1.165, 1.54) is 0 Å². The number of aryl methyl sites for hydroxylation is 1. The summed E-state index contributed by atoms with van der Waals surface area (Å²) in [5.41, 5.74) is 1.08. The number of carbonyl (C=O) groups is 1. The van der Waals surface area contributed by atoms with Crippen LogP contribution in [0.4, 0.5) is 14.5 Å². The lowest BCUT2D eigenvalue weighted by Gasteiger charge is -2.22. The smallest absolute Gasteiger partial charge is 0.303 e. The van der Waals surface area contributed by atoms with Gasteiger partial charge < -0.3 is 9.84 Å². The number of benzene rings is 2. The topological polar surface area (TPSA) is 74.5 Å². The van der Waals surface area contributed by atoms with E-state index in [0.29, 0.717) is 6.54 Å². The summed E-state index contributed by atoms with van der Waals surface area (Å²) < 4.78 is 33.7. The molecule has 3 rings (SSSR count). The van der Waals surface area contributed by atoms with Crippen molar-refractivity contribution in [2.75, 3.05) is 18.2 Å². The van der Waals surface area contributed by atoms with Crippen LogP contribution in [-0.2, 0) is 11.2 Å². The van der Waals surface area contributed by atoms with Gasteiger partial charge in [0.15, 0.2) is 17.4 Å². The second-order valence-electron chi connectivity index (χ2n) is 5.84. The molecule has 1 heterocycles. The van der Waals surface area contributed by atoms with Gasteiger partial charge >= 0.3 is 5.97 Å². The minimum atomic E-state index is -1.03. The maximum atomic E-state index is 14.2. The van der Waals surface area contributed by atoms with Crippen LogP contribution >= 0.6 is 0 Å². The first kappa shape index (κ1) is 17.8. The first-order valence-electron chi connectivity index (χ1n) is 8.09. The summed E-state index contributed by atoms with van der Waals surface area (Å²) in [4.78, 5) is 10.6. The van der Waals surface area contributed by atoms with Gasteiger partial charge in [0.1, 0.15) is 12.6 Å². The fourth-order valence-electron chi connectivity index (χ4n) is 2.64. The van der Waals surface area contributed by atoms with Crippen molar-refractivity contribution in [2.45, 2.75) is 18.9 Å². The first-order chi connectivity index (χ1) is 12.5. The summed E-state index contributed by atoms with van der Waals surface area (Å²) in [7, 11) is 0. The SMILES string of the molecule is O=C(O)CCc1cc(F)c(OCC2CN=NN2c2ccccc2)c(F)c1. The van der Waals surface area contributed by atoms with E-state index >= 15 is 0 Å². The minimum Gasteiger partial charge on any atom is -0.485 e. The van der Waals surface area contributed by atoms with E-state index in [0.717, 1.165) is 17.8 Å². The first-order valence-corrected chi connectivity index (χ1v) is 8.09. The summed E-state index contributed by atoms with van der Waals surface area (Å²) in [5, 5.41) is 18.3. The molecular weight excluding hydrogens is 344 g/mol. The number of hydrogen-bond acceptors (Lipinski definition) is 5. The summed E-state index contributed by atoms with van der Waals surface area (Å²) in [5.74, 6) is -3.23. The van der Waals surface area contributed by atoms with Crippen molar-refractivity contribution < 1.29 is 23.4 Å². The summed E-state index contributed by atoms with van der Waals surface area (Å²) >= 11 is 0. The Labute approximate surface area is 148 Å². The van der Waals surface area contributed by atoms with Gasteiger partial charge in [0.05, 0.1) is 12.2 Å². The van der Waals surface area contributed by atoms with Crippen LogP contribution in [0.3, 0.4) is 0 Å². The Balaban J connectivity index is 1.67. The van der Waals surface area contributed by atoms with E-state index in [4.69, 9.17) is 9.84 Å². The molecule has 0 radical (unpaired) electrons. The number of anilines is 1. The van der Waals surface area contributed by atoms with Gasteiger partial charge in [0.2, 0.25) is 0 Å². The zero-order valence-corrected chi connectivity index (χ0v) is 13.8. The van der Waals surface area contributed by atoms with E-state index < -0.39 is 23.4 Å². The molecule has 0 amide bonds. The van der Waals surface area contributed by atoms with Gasteiger partial charge in [-0.3, -0.25) is 4.79 Å². The summed E-state index contributed by atoms with van der Waals surface area (Å²) in [6, 6.07) is 11.2. The normalized spacial score (nSPS) is 16.1. The number of rotatable bonds is 7. The Hall–Kier alpha value is -3.03. The molecule has 8 heteroatoms. The molecule has 136 valence electrons. The molecule has 1 N–H and O–H groups in total. The zero-order chi connectivity index (χ0) is 18.5. The number of aliphatic carboxylic acids is 1. The maximum absolute atomic E-state index is 14.2. The van der Waals surface area contributed by atoms with Crippen LogP contribution in [-0.4, -0.2) is 30.3 Å². The third kappa shape index (κ3) is 4.14.